The van der Waals surface area contributed by atoms with E-state index in [1.807, 2.05) is 12.1 Å². The SMILES string of the molecule is O=C(O)CN1C(=O)c2cccc3cccc(c23)C1=O.[H-].[Na+]. The third-order valence-electron chi connectivity index (χ3n) is 3.15. The molecule has 1 aliphatic rings. The number of carboxylic acids is 1. The van der Waals surface area contributed by atoms with E-state index >= 15 is 0 Å². The van der Waals surface area contributed by atoms with Gasteiger partial charge in [-0.3, -0.25) is 19.3 Å². The Morgan fingerprint density at radius 1 is 1.05 bits per heavy atom. The number of carbonyl (C=O) groups is 3. The van der Waals surface area contributed by atoms with Gasteiger partial charge in [0.1, 0.15) is 6.54 Å². The van der Waals surface area contributed by atoms with Gasteiger partial charge < -0.3 is 6.53 Å². The van der Waals surface area contributed by atoms with E-state index in [2.05, 4.69) is 0 Å². The Labute approximate surface area is 138 Å². The minimum Gasteiger partial charge on any atom is -1.00 e. The van der Waals surface area contributed by atoms with E-state index in [9.17, 15) is 14.4 Å². The third kappa shape index (κ3) is 2.14. The zero-order valence-electron chi connectivity index (χ0n) is 11.8. The monoisotopic (exact) mass is 279 g/mol. The van der Waals surface area contributed by atoms with Gasteiger partial charge in [-0.15, -0.1) is 0 Å². The van der Waals surface area contributed by atoms with Crippen molar-refractivity contribution in [2.24, 2.45) is 0 Å². The molecule has 0 radical (unpaired) electrons. The minimum absolute atomic E-state index is 0. The number of benzene rings is 2. The number of amides is 2. The summed E-state index contributed by atoms with van der Waals surface area (Å²) in [7, 11) is 0. The first-order valence-electron chi connectivity index (χ1n) is 5.69. The average Bonchev–Trinajstić information content (AvgIpc) is 2.40. The number of carboxylic acid groups (broad SMARTS) is 1. The molecule has 0 saturated carbocycles. The maximum atomic E-state index is 12.2. The fourth-order valence-corrected chi connectivity index (χ4v) is 2.36. The number of nitrogens with zero attached hydrogens (tertiary/aromatic N) is 1. The van der Waals surface area contributed by atoms with Crippen LogP contribution in [-0.2, 0) is 4.79 Å². The van der Waals surface area contributed by atoms with E-state index in [0.29, 0.717) is 16.5 Å². The van der Waals surface area contributed by atoms with Crippen molar-refractivity contribution in [3.05, 3.63) is 47.5 Å². The van der Waals surface area contributed by atoms with Crippen LogP contribution in [0.4, 0.5) is 0 Å². The molecular formula is C14H10NNaO4. The molecule has 2 aromatic rings. The predicted octanol–water partition coefficient (Wildman–Crippen LogP) is -1.36. The molecule has 3 rings (SSSR count). The molecule has 0 fully saturated rings. The number of aliphatic carboxylic acids is 1. The van der Waals surface area contributed by atoms with Crippen LogP contribution in [0.5, 0.6) is 0 Å². The average molecular weight is 279 g/mol. The normalized spacial score (nSPS) is 13.3. The van der Waals surface area contributed by atoms with Crippen LogP contribution in [0.1, 0.15) is 22.1 Å². The van der Waals surface area contributed by atoms with Gasteiger partial charge >= 0.3 is 35.5 Å². The fraction of sp³-hybridized carbons (Fsp3) is 0.0714. The van der Waals surface area contributed by atoms with E-state index in [-0.39, 0.29) is 31.0 Å². The van der Waals surface area contributed by atoms with Crippen molar-refractivity contribution in [1.29, 1.82) is 0 Å². The molecule has 5 nitrogen and oxygen atoms in total. The second-order valence-corrected chi connectivity index (χ2v) is 4.30. The summed E-state index contributed by atoms with van der Waals surface area (Å²) < 4.78 is 0. The molecule has 0 aromatic heterocycles. The largest absolute Gasteiger partial charge is 1.00 e. The van der Waals surface area contributed by atoms with Gasteiger partial charge in [-0.25, -0.2) is 0 Å². The zero-order chi connectivity index (χ0) is 13.6. The summed E-state index contributed by atoms with van der Waals surface area (Å²) in [5, 5.41) is 10.2. The van der Waals surface area contributed by atoms with Crippen molar-refractivity contribution in [1.82, 2.24) is 4.90 Å². The van der Waals surface area contributed by atoms with Crippen LogP contribution in [0.25, 0.3) is 10.8 Å². The maximum absolute atomic E-state index is 12.2. The quantitative estimate of drug-likeness (QED) is 0.544. The van der Waals surface area contributed by atoms with Crippen LogP contribution in [0.2, 0.25) is 0 Å². The molecule has 96 valence electrons. The second-order valence-electron chi connectivity index (χ2n) is 4.30. The van der Waals surface area contributed by atoms with Crippen LogP contribution in [0.3, 0.4) is 0 Å². The molecule has 0 unspecified atom stereocenters. The van der Waals surface area contributed by atoms with Crippen molar-refractivity contribution >= 4 is 28.6 Å². The van der Waals surface area contributed by atoms with Crippen LogP contribution in [0.15, 0.2) is 36.4 Å². The Bertz CT molecular complexity index is 696. The van der Waals surface area contributed by atoms with E-state index < -0.39 is 24.3 Å². The molecule has 6 heteroatoms. The van der Waals surface area contributed by atoms with Gasteiger partial charge in [0.25, 0.3) is 11.8 Å². The first-order chi connectivity index (χ1) is 9.09. The fourth-order valence-electron chi connectivity index (χ4n) is 2.36. The number of imide groups is 1. The second kappa shape index (κ2) is 5.36. The molecule has 1 heterocycles. The Kier molecular flexibility index (Phi) is 3.94. The minimum atomic E-state index is -1.21. The molecular weight excluding hydrogens is 269 g/mol. The van der Waals surface area contributed by atoms with Crippen molar-refractivity contribution < 1.29 is 50.5 Å². The van der Waals surface area contributed by atoms with Gasteiger partial charge in [0.15, 0.2) is 0 Å². The summed E-state index contributed by atoms with van der Waals surface area (Å²) in [6.45, 7) is -0.623. The van der Waals surface area contributed by atoms with Crippen LogP contribution in [0, 0.1) is 0 Å². The van der Waals surface area contributed by atoms with Gasteiger partial charge in [0.05, 0.1) is 0 Å². The summed E-state index contributed by atoms with van der Waals surface area (Å²) in [4.78, 5) is 35.9. The number of hydrogen-bond donors (Lipinski definition) is 1. The Morgan fingerprint density at radius 2 is 1.55 bits per heavy atom. The molecule has 2 amide bonds. The van der Waals surface area contributed by atoms with Crippen molar-refractivity contribution in [2.45, 2.75) is 0 Å². The molecule has 0 aliphatic carbocycles. The van der Waals surface area contributed by atoms with E-state index in [0.717, 1.165) is 10.3 Å². The Balaban J connectivity index is 0.00000110. The van der Waals surface area contributed by atoms with Crippen molar-refractivity contribution in [2.75, 3.05) is 6.54 Å². The van der Waals surface area contributed by atoms with Crippen molar-refractivity contribution in [3.8, 4) is 0 Å². The number of hydrogen-bond acceptors (Lipinski definition) is 3. The van der Waals surface area contributed by atoms with Gasteiger partial charge in [-0.05, 0) is 17.5 Å². The molecule has 1 aliphatic heterocycles. The molecule has 0 spiro atoms. The van der Waals surface area contributed by atoms with Gasteiger partial charge in [-0.1, -0.05) is 24.3 Å². The first-order valence-corrected chi connectivity index (χ1v) is 5.69. The topological polar surface area (TPSA) is 74.7 Å². The summed E-state index contributed by atoms with van der Waals surface area (Å²) in [6, 6.07) is 10.3. The van der Waals surface area contributed by atoms with E-state index in [4.69, 9.17) is 5.11 Å². The standard InChI is InChI=1S/C14H9NO4.Na.H/c16-11(17)7-15-13(18)9-5-1-3-8-4-2-6-10(12(8)9)14(15)19;;/h1-6H,7H2,(H,16,17);;/q;+1;-1. The molecule has 1 N–H and O–H groups in total. The molecule has 0 bridgehead atoms. The zero-order valence-corrected chi connectivity index (χ0v) is 12.8. The summed E-state index contributed by atoms with van der Waals surface area (Å²) >= 11 is 0. The predicted molar refractivity (Wildman–Crippen MR) is 68.1 cm³/mol. The summed E-state index contributed by atoms with van der Waals surface area (Å²) in [5.41, 5.74) is 0.739. The molecule has 20 heavy (non-hydrogen) atoms. The number of carbonyl (C=O) groups excluding carboxylic acids is 2. The summed E-state index contributed by atoms with van der Waals surface area (Å²) in [6.07, 6.45) is 0. The first kappa shape index (κ1) is 14.7. The Hall–Kier alpha value is -1.69. The van der Waals surface area contributed by atoms with Gasteiger partial charge in [0.2, 0.25) is 0 Å². The molecule has 0 saturated heterocycles. The van der Waals surface area contributed by atoms with Gasteiger partial charge in [0, 0.05) is 16.5 Å². The maximum Gasteiger partial charge on any atom is 1.00 e. The molecule has 2 aromatic carbocycles. The Morgan fingerprint density at radius 3 is 2.00 bits per heavy atom. The van der Waals surface area contributed by atoms with E-state index in [1.165, 1.54) is 0 Å². The van der Waals surface area contributed by atoms with Crippen LogP contribution >= 0.6 is 0 Å². The van der Waals surface area contributed by atoms with Gasteiger partial charge in [-0.2, -0.15) is 0 Å². The molecule has 0 atom stereocenters. The van der Waals surface area contributed by atoms with Crippen molar-refractivity contribution in [3.63, 3.8) is 0 Å². The van der Waals surface area contributed by atoms with Crippen LogP contribution < -0.4 is 29.6 Å². The van der Waals surface area contributed by atoms with Crippen LogP contribution in [-0.4, -0.2) is 34.3 Å². The third-order valence-corrected chi connectivity index (χ3v) is 3.15. The number of rotatable bonds is 2. The summed E-state index contributed by atoms with van der Waals surface area (Å²) in [5.74, 6) is -2.33. The smallest absolute Gasteiger partial charge is 1.00 e. The van der Waals surface area contributed by atoms with E-state index in [1.54, 1.807) is 24.3 Å².